The monoisotopic (exact) mass is 260 g/mol. The maximum absolute atomic E-state index is 12.3. The smallest absolute Gasteiger partial charge is 0.318 e. The van der Waals surface area contributed by atoms with Gasteiger partial charge in [-0.05, 0) is 32.8 Å². The minimum absolute atomic E-state index is 0.0127. The molecule has 0 bridgehead atoms. The van der Waals surface area contributed by atoms with Crippen LogP contribution in [0.25, 0.3) is 0 Å². The zero-order valence-corrected chi connectivity index (χ0v) is 12.1. The number of benzene rings is 1. The first-order chi connectivity index (χ1) is 9.06. The molecule has 0 spiro atoms. The van der Waals surface area contributed by atoms with Gasteiger partial charge < -0.3 is 10.2 Å². The first kappa shape index (κ1) is 15.3. The average Bonchev–Trinajstić information content (AvgIpc) is 2.39. The summed E-state index contributed by atoms with van der Waals surface area (Å²) in [6.45, 7) is 10.5. The van der Waals surface area contributed by atoms with Crippen molar-refractivity contribution in [2.75, 3.05) is 6.54 Å². The Morgan fingerprint density at radius 3 is 2.47 bits per heavy atom. The number of hydrogen-bond acceptors (Lipinski definition) is 1. The Bertz CT molecular complexity index is 400. The number of carbonyl (C=O) groups excluding carboxylic acids is 1. The predicted octanol–water partition coefficient (Wildman–Crippen LogP) is 3.74. The maximum Gasteiger partial charge on any atom is 0.318 e. The zero-order chi connectivity index (χ0) is 14.3. The third kappa shape index (κ3) is 4.78. The highest BCUT2D eigenvalue weighted by Crippen LogP contribution is 2.12. The molecule has 0 aliphatic heterocycles. The van der Waals surface area contributed by atoms with Gasteiger partial charge in [0.05, 0.1) is 6.04 Å². The molecule has 1 aromatic carbocycles. The molecule has 2 amide bonds. The summed E-state index contributed by atoms with van der Waals surface area (Å²) in [5.74, 6) is 0. The fourth-order valence-corrected chi connectivity index (χ4v) is 1.92. The van der Waals surface area contributed by atoms with Gasteiger partial charge >= 0.3 is 6.03 Å². The van der Waals surface area contributed by atoms with E-state index in [1.54, 1.807) is 0 Å². The third-order valence-corrected chi connectivity index (χ3v) is 3.10. The van der Waals surface area contributed by atoms with Crippen molar-refractivity contribution in [3.05, 3.63) is 48.6 Å². The van der Waals surface area contributed by atoms with Crippen LogP contribution in [0.15, 0.2) is 43.0 Å². The second-order valence-corrected chi connectivity index (χ2v) is 4.95. The van der Waals surface area contributed by atoms with Crippen molar-refractivity contribution in [1.82, 2.24) is 10.2 Å². The lowest BCUT2D eigenvalue weighted by molar-refractivity contribution is 0.181. The molecule has 1 aromatic rings. The molecule has 1 unspecified atom stereocenters. The van der Waals surface area contributed by atoms with Gasteiger partial charge in [0.2, 0.25) is 0 Å². The van der Waals surface area contributed by atoms with Crippen molar-refractivity contribution >= 4 is 6.03 Å². The quantitative estimate of drug-likeness (QED) is 0.776. The Kier molecular flexibility index (Phi) is 6.13. The first-order valence-electron chi connectivity index (χ1n) is 6.79. The average molecular weight is 260 g/mol. The standard InChI is InChI=1S/C16H24N2O/c1-5-6-12-18(13(2)3)16(19)17-14(4)15-10-8-7-9-11-15/h5,7-11,13-14H,1,6,12H2,2-4H3,(H,17,19). The second kappa shape index (κ2) is 7.62. The maximum atomic E-state index is 12.3. The molecule has 1 atom stereocenters. The molecule has 0 saturated carbocycles. The fraction of sp³-hybridized carbons (Fsp3) is 0.438. The van der Waals surface area contributed by atoms with Crippen molar-refractivity contribution < 1.29 is 4.79 Å². The molecule has 3 nitrogen and oxygen atoms in total. The molecule has 0 aliphatic carbocycles. The number of hydrogen-bond donors (Lipinski definition) is 1. The number of urea groups is 1. The van der Waals surface area contributed by atoms with Crippen LogP contribution in [0.5, 0.6) is 0 Å². The van der Waals surface area contributed by atoms with Gasteiger partial charge in [0.1, 0.15) is 0 Å². The largest absolute Gasteiger partial charge is 0.331 e. The highest BCUT2D eigenvalue weighted by Gasteiger charge is 2.18. The molecular formula is C16H24N2O. The van der Waals surface area contributed by atoms with Gasteiger partial charge in [0.15, 0.2) is 0 Å². The summed E-state index contributed by atoms with van der Waals surface area (Å²) in [6, 6.07) is 10.2. The normalized spacial score (nSPS) is 12.0. The van der Waals surface area contributed by atoms with Crippen molar-refractivity contribution in [2.24, 2.45) is 0 Å². The SMILES string of the molecule is C=CCCN(C(=O)NC(C)c1ccccc1)C(C)C. The highest BCUT2D eigenvalue weighted by molar-refractivity contribution is 5.75. The van der Waals surface area contributed by atoms with Crippen molar-refractivity contribution in [3.8, 4) is 0 Å². The minimum atomic E-state index is -0.0202. The first-order valence-corrected chi connectivity index (χ1v) is 6.79. The van der Waals surface area contributed by atoms with Gasteiger partial charge in [-0.25, -0.2) is 4.79 Å². The van der Waals surface area contributed by atoms with Crippen molar-refractivity contribution in [2.45, 2.75) is 39.3 Å². The van der Waals surface area contributed by atoms with Gasteiger partial charge in [0.25, 0.3) is 0 Å². The second-order valence-electron chi connectivity index (χ2n) is 4.95. The minimum Gasteiger partial charge on any atom is -0.331 e. The molecule has 104 valence electrons. The molecule has 1 rings (SSSR count). The lowest BCUT2D eigenvalue weighted by atomic mass is 10.1. The predicted molar refractivity (Wildman–Crippen MR) is 80.0 cm³/mol. The van der Waals surface area contributed by atoms with Crippen LogP contribution in [0.4, 0.5) is 4.79 Å². The van der Waals surface area contributed by atoms with E-state index in [1.165, 1.54) is 0 Å². The fourth-order valence-electron chi connectivity index (χ4n) is 1.92. The Labute approximate surface area is 116 Å². The molecule has 19 heavy (non-hydrogen) atoms. The van der Waals surface area contributed by atoms with E-state index >= 15 is 0 Å². The van der Waals surface area contributed by atoms with Gasteiger partial charge in [0, 0.05) is 12.6 Å². The topological polar surface area (TPSA) is 32.3 Å². The van der Waals surface area contributed by atoms with E-state index in [0.29, 0.717) is 6.54 Å². The van der Waals surface area contributed by atoms with Crippen LogP contribution in [-0.4, -0.2) is 23.5 Å². The summed E-state index contributed by atoms with van der Waals surface area (Å²) in [5, 5.41) is 3.04. The Balaban J connectivity index is 2.63. The Morgan fingerprint density at radius 2 is 1.95 bits per heavy atom. The lowest BCUT2D eigenvalue weighted by Crippen LogP contribution is -2.45. The third-order valence-electron chi connectivity index (χ3n) is 3.10. The molecule has 0 radical (unpaired) electrons. The van der Waals surface area contributed by atoms with Gasteiger partial charge in [-0.2, -0.15) is 0 Å². The van der Waals surface area contributed by atoms with Gasteiger partial charge in [-0.1, -0.05) is 36.4 Å². The van der Waals surface area contributed by atoms with E-state index in [4.69, 9.17) is 0 Å². The molecule has 0 fully saturated rings. The van der Waals surface area contributed by atoms with E-state index in [9.17, 15) is 4.79 Å². The van der Waals surface area contributed by atoms with Crippen molar-refractivity contribution in [3.63, 3.8) is 0 Å². The Hall–Kier alpha value is -1.77. The van der Waals surface area contributed by atoms with Crippen LogP contribution in [0.2, 0.25) is 0 Å². The summed E-state index contributed by atoms with van der Waals surface area (Å²) in [5.41, 5.74) is 1.11. The van der Waals surface area contributed by atoms with Crippen LogP contribution in [0, 0.1) is 0 Å². The highest BCUT2D eigenvalue weighted by atomic mass is 16.2. The number of nitrogens with one attached hydrogen (secondary N) is 1. The van der Waals surface area contributed by atoms with Crippen LogP contribution in [-0.2, 0) is 0 Å². The molecule has 0 heterocycles. The molecule has 0 saturated heterocycles. The molecule has 1 N–H and O–H groups in total. The summed E-state index contributed by atoms with van der Waals surface area (Å²) in [6.07, 6.45) is 2.65. The molecule has 0 aliphatic rings. The molecular weight excluding hydrogens is 236 g/mol. The summed E-state index contributed by atoms with van der Waals surface area (Å²) < 4.78 is 0. The molecule has 0 aromatic heterocycles. The van der Waals surface area contributed by atoms with Crippen LogP contribution in [0.3, 0.4) is 0 Å². The molecule has 3 heteroatoms. The number of nitrogens with zero attached hydrogens (tertiary/aromatic N) is 1. The van der Waals surface area contributed by atoms with Crippen LogP contribution < -0.4 is 5.32 Å². The number of rotatable bonds is 6. The lowest BCUT2D eigenvalue weighted by Gasteiger charge is -2.28. The van der Waals surface area contributed by atoms with Crippen LogP contribution >= 0.6 is 0 Å². The van der Waals surface area contributed by atoms with Crippen LogP contribution in [0.1, 0.15) is 38.8 Å². The number of amides is 2. The van der Waals surface area contributed by atoms with E-state index < -0.39 is 0 Å². The van der Waals surface area contributed by atoms with Gasteiger partial charge in [-0.15, -0.1) is 6.58 Å². The Morgan fingerprint density at radius 1 is 1.32 bits per heavy atom. The summed E-state index contributed by atoms with van der Waals surface area (Å²) >= 11 is 0. The van der Waals surface area contributed by atoms with E-state index in [-0.39, 0.29) is 18.1 Å². The van der Waals surface area contributed by atoms with E-state index in [1.807, 2.05) is 62.1 Å². The van der Waals surface area contributed by atoms with E-state index in [0.717, 1.165) is 12.0 Å². The summed E-state index contributed by atoms with van der Waals surface area (Å²) in [7, 11) is 0. The van der Waals surface area contributed by atoms with Gasteiger partial charge in [-0.3, -0.25) is 0 Å². The summed E-state index contributed by atoms with van der Waals surface area (Å²) in [4.78, 5) is 14.1. The number of carbonyl (C=O) groups is 1. The van der Waals surface area contributed by atoms with E-state index in [2.05, 4.69) is 11.9 Å². The zero-order valence-electron chi connectivity index (χ0n) is 12.1. The van der Waals surface area contributed by atoms with Crippen molar-refractivity contribution in [1.29, 1.82) is 0 Å².